The Morgan fingerprint density at radius 3 is 2.76 bits per heavy atom. The van der Waals surface area contributed by atoms with E-state index in [0.717, 1.165) is 41.9 Å². The molecule has 1 saturated heterocycles. The van der Waals surface area contributed by atoms with Crippen molar-refractivity contribution in [3.63, 3.8) is 0 Å². The molecule has 2 atom stereocenters. The molecule has 9 heteroatoms. The Labute approximate surface area is 222 Å². The van der Waals surface area contributed by atoms with Crippen molar-refractivity contribution in [1.29, 1.82) is 0 Å². The molecule has 1 aliphatic carbocycles. The molecule has 1 aromatic carbocycles. The lowest BCUT2D eigenvalue weighted by molar-refractivity contribution is -0.117. The van der Waals surface area contributed by atoms with Gasteiger partial charge in [-0.15, -0.1) is 0 Å². The van der Waals surface area contributed by atoms with Gasteiger partial charge in [-0.2, -0.15) is 5.10 Å². The molecular formula is C29H31N7O2. The van der Waals surface area contributed by atoms with E-state index in [1.807, 2.05) is 49.4 Å². The third-order valence-corrected chi connectivity index (χ3v) is 7.06. The number of carbonyl (C=O) groups excluding carboxylic acids is 2. The molecule has 1 aliphatic heterocycles. The molecule has 38 heavy (non-hydrogen) atoms. The Hall–Kier alpha value is -4.29. The zero-order chi connectivity index (χ0) is 26.5. The molecule has 9 nitrogen and oxygen atoms in total. The Bertz CT molecular complexity index is 1370. The summed E-state index contributed by atoms with van der Waals surface area (Å²) in [6, 6.07) is 13.5. The lowest BCUT2D eigenvalue weighted by Gasteiger charge is -2.13. The smallest absolute Gasteiger partial charge is 0.249 e. The maximum Gasteiger partial charge on any atom is 0.249 e. The summed E-state index contributed by atoms with van der Waals surface area (Å²) in [4.78, 5) is 35.2. The van der Waals surface area contributed by atoms with E-state index in [2.05, 4.69) is 35.6 Å². The van der Waals surface area contributed by atoms with Crippen LogP contribution in [0.25, 0.3) is 16.0 Å². The number of aromatic amines is 1. The van der Waals surface area contributed by atoms with Crippen molar-refractivity contribution < 1.29 is 9.59 Å². The van der Waals surface area contributed by atoms with Crippen LogP contribution in [-0.2, 0) is 9.59 Å². The van der Waals surface area contributed by atoms with Crippen molar-refractivity contribution in [2.75, 3.05) is 30.3 Å². The quantitative estimate of drug-likeness (QED) is 0.289. The SMILES string of the molecule is [C-]#[N+]C1CCN(C/C=C/C(=O)Nc2ccc(-c3cccc(C(C)C(=O)Nc4cc(C5CC5)[nH]n4)c3)cn2)C1. The van der Waals surface area contributed by atoms with Crippen molar-refractivity contribution in [3.05, 3.63) is 83.5 Å². The van der Waals surface area contributed by atoms with Crippen molar-refractivity contribution >= 4 is 23.5 Å². The van der Waals surface area contributed by atoms with Crippen LogP contribution in [0.2, 0.25) is 0 Å². The third-order valence-electron chi connectivity index (χ3n) is 7.06. The minimum atomic E-state index is -0.359. The Morgan fingerprint density at radius 2 is 2.03 bits per heavy atom. The Morgan fingerprint density at radius 1 is 1.16 bits per heavy atom. The summed E-state index contributed by atoms with van der Waals surface area (Å²) in [5.41, 5.74) is 3.79. The predicted molar refractivity (Wildman–Crippen MR) is 146 cm³/mol. The molecule has 0 radical (unpaired) electrons. The fraction of sp³-hybridized carbons (Fsp3) is 0.345. The average Bonchev–Trinajstić information content (AvgIpc) is 3.50. The van der Waals surface area contributed by atoms with E-state index in [4.69, 9.17) is 6.57 Å². The van der Waals surface area contributed by atoms with Crippen LogP contribution in [0.4, 0.5) is 11.6 Å². The molecule has 3 N–H and O–H groups in total. The monoisotopic (exact) mass is 509 g/mol. The van der Waals surface area contributed by atoms with Gasteiger partial charge in [0.2, 0.25) is 17.9 Å². The average molecular weight is 510 g/mol. The zero-order valence-electron chi connectivity index (χ0n) is 21.4. The molecule has 2 amide bonds. The van der Waals surface area contributed by atoms with Gasteiger partial charge in [-0.25, -0.2) is 11.6 Å². The number of hydrogen-bond donors (Lipinski definition) is 3. The first-order valence-electron chi connectivity index (χ1n) is 13.0. The van der Waals surface area contributed by atoms with E-state index < -0.39 is 0 Å². The van der Waals surface area contributed by atoms with Gasteiger partial charge in [0.15, 0.2) is 5.82 Å². The number of H-pyrrole nitrogens is 1. The molecule has 5 rings (SSSR count). The van der Waals surface area contributed by atoms with Crippen molar-refractivity contribution in [1.82, 2.24) is 20.1 Å². The van der Waals surface area contributed by atoms with E-state index in [9.17, 15) is 9.59 Å². The molecule has 194 valence electrons. The van der Waals surface area contributed by atoms with Gasteiger partial charge in [-0.1, -0.05) is 30.3 Å². The Kier molecular flexibility index (Phi) is 7.61. The number of carbonyl (C=O) groups is 2. The highest BCUT2D eigenvalue weighted by molar-refractivity contribution is 5.98. The van der Waals surface area contributed by atoms with Crippen molar-refractivity contribution in [3.8, 4) is 11.1 Å². The summed E-state index contributed by atoms with van der Waals surface area (Å²) in [5.74, 6) is 0.854. The number of nitrogens with one attached hydrogen (secondary N) is 3. The molecule has 3 aromatic rings. The van der Waals surface area contributed by atoms with Gasteiger partial charge in [0.25, 0.3) is 0 Å². The molecule has 3 heterocycles. The molecule has 1 saturated carbocycles. The molecule has 2 unspecified atom stereocenters. The maximum atomic E-state index is 12.8. The summed E-state index contributed by atoms with van der Waals surface area (Å²) in [7, 11) is 0. The van der Waals surface area contributed by atoms with Gasteiger partial charge in [-0.05, 0) is 43.0 Å². The van der Waals surface area contributed by atoms with E-state index in [0.29, 0.717) is 24.1 Å². The number of likely N-dealkylation sites (tertiary alicyclic amines) is 1. The fourth-order valence-corrected chi connectivity index (χ4v) is 4.58. The number of hydrogen-bond acceptors (Lipinski definition) is 5. The molecule has 0 spiro atoms. The number of amides is 2. The van der Waals surface area contributed by atoms with Crippen LogP contribution in [0, 0.1) is 6.57 Å². The topological polar surface area (TPSA) is 107 Å². The van der Waals surface area contributed by atoms with Crippen LogP contribution in [0.1, 0.15) is 49.3 Å². The molecule has 2 fully saturated rings. The first kappa shape index (κ1) is 25.4. The normalized spacial score (nSPS) is 18.3. The minimum Gasteiger partial charge on any atom is -0.312 e. The van der Waals surface area contributed by atoms with Crippen LogP contribution in [0.3, 0.4) is 0 Å². The van der Waals surface area contributed by atoms with E-state index in [1.54, 1.807) is 12.3 Å². The van der Waals surface area contributed by atoms with Gasteiger partial charge >= 0.3 is 0 Å². The first-order chi connectivity index (χ1) is 18.5. The molecule has 0 bridgehead atoms. The lowest BCUT2D eigenvalue weighted by atomic mass is 9.96. The van der Waals surface area contributed by atoms with Crippen LogP contribution < -0.4 is 10.6 Å². The lowest BCUT2D eigenvalue weighted by Crippen LogP contribution is -2.21. The van der Waals surface area contributed by atoms with Gasteiger partial charge in [0.05, 0.1) is 12.5 Å². The van der Waals surface area contributed by atoms with Crippen molar-refractivity contribution in [2.24, 2.45) is 0 Å². The number of rotatable bonds is 9. The highest BCUT2D eigenvalue weighted by Crippen LogP contribution is 2.39. The number of anilines is 2. The Balaban J connectivity index is 1.15. The molecular weight excluding hydrogens is 478 g/mol. The number of aromatic nitrogens is 3. The first-order valence-corrected chi connectivity index (χ1v) is 13.0. The zero-order valence-corrected chi connectivity index (χ0v) is 21.4. The van der Waals surface area contributed by atoms with Gasteiger partial charge in [0.1, 0.15) is 5.82 Å². The van der Waals surface area contributed by atoms with E-state index in [1.165, 1.54) is 18.9 Å². The summed E-state index contributed by atoms with van der Waals surface area (Å²) in [5, 5.41) is 12.9. The summed E-state index contributed by atoms with van der Waals surface area (Å²) < 4.78 is 0. The number of nitrogens with zero attached hydrogens (tertiary/aromatic N) is 4. The van der Waals surface area contributed by atoms with Gasteiger partial charge in [-0.3, -0.25) is 19.6 Å². The van der Waals surface area contributed by atoms with Crippen LogP contribution in [0.15, 0.2) is 60.8 Å². The maximum absolute atomic E-state index is 12.8. The van der Waals surface area contributed by atoms with Crippen LogP contribution in [0.5, 0.6) is 0 Å². The summed E-state index contributed by atoms with van der Waals surface area (Å²) in [6.45, 7) is 11.3. The number of pyridine rings is 1. The second kappa shape index (κ2) is 11.4. The summed E-state index contributed by atoms with van der Waals surface area (Å²) in [6.07, 6.45) is 8.26. The van der Waals surface area contributed by atoms with E-state index in [-0.39, 0.29) is 23.8 Å². The van der Waals surface area contributed by atoms with E-state index >= 15 is 0 Å². The largest absolute Gasteiger partial charge is 0.312 e. The van der Waals surface area contributed by atoms with Gasteiger partial charge in [0, 0.05) is 55.0 Å². The minimum absolute atomic E-state index is 0.0722. The standard InChI is InChI=1S/C29H31N7O2/c1-19(29(38)33-27-16-25(34-35-27)20-8-9-20)21-5-3-6-22(15-21)23-10-11-26(31-17-23)32-28(37)7-4-13-36-14-12-24(18-36)30-2/h3-7,10-11,15-17,19-20,24H,8-9,12-14,18H2,1H3,(H,31,32,37)(H2,33,34,35,38)/b7-4+. The van der Waals surface area contributed by atoms with Gasteiger partial charge < -0.3 is 15.5 Å². The highest BCUT2D eigenvalue weighted by atomic mass is 16.2. The highest BCUT2D eigenvalue weighted by Gasteiger charge is 2.26. The predicted octanol–water partition coefficient (Wildman–Crippen LogP) is 4.58. The number of benzene rings is 1. The fourth-order valence-electron chi connectivity index (χ4n) is 4.58. The third kappa shape index (κ3) is 6.33. The molecule has 2 aromatic heterocycles. The van der Waals surface area contributed by atoms with Crippen LogP contribution in [-0.4, -0.2) is 57.6 Å². The second-order valence-electron chi connectivity index (χ2n) is 9.97. The summed E-state index contributed by atoms with van der Waals surface area (Å²) >= 11 is 0. The van der Waals surface area contributed by atoms with Crippen molar-refractivity contribution in [2.45, 2.75) is 44.1 Å². The second-order valence-corrected chi connectivity index (χ2v) is 9.97. The van der Waals surface area contributed by atoms with Crippen LogP contribution >= 0.6 is 0 Å². The molecule has 2 aliphatic rings.